The number of rotatable bonds is 4. The van der Waals surface area contributed by atoms with Gasteiger partial charge in [0, 0.05) is 26.2 Å². The molecular formula is C11H13N3O6. The van der Waals surface area contributed by atoms with E-state index >= 15 is 0 Å². The molecule has 1 aromatic heterocycles. The van der Waals surface area contributed by atoms with Gasteiger partial charge in [-0.1, -0.05) is 0 Å². The first-order valence-corrected chi connectivity index (χ1v) is 5.95. The number of piperazine rings is 1. The van der Waals surface area contributed by atoms with Crippen LogP contribution in [0.4, 0.5) is 5.88 Å². The van der Waals surface area contributed by atoms with Gasteiger partial charge in [-0.3, -0.25) is 24.6 Å². The summed E-state index contributed by atoms with van der Waals surface area (Å²) in [6.07, 6.45) is 0. The number of amides is 1. The zero-order valence-electron chi connectivity index (χ0n) is 10.5. The van der Waals surface area contributed by atoms with E-state index in [1.807, 2.05) is 0 Å². The Morgan fingerprint density at radius 1 is 1.30 bits per heavy atom. The molecule has 0 aromatic carbocycles. The summed E-state index contributed by atoms with van der Waals surface area (Å²) in [6.45, 7) is 1.55. The Morgan fingerprint density at radius 2 is 1.95 bits per heavy atom. The van der Waals surface area contributed by atoms with Crippen LogP contribution in [0.3, 0.4) is 0 Å². The van der Waals surface area contributed by atoms with E-state index in [0.29, 0.717) is 26.2 Å². The van der Waals surface area contributed by atoms with Crippen LogP contribution in [0.1, 0.15) is 10.6 Å². The molecule has 2 heterocycles. The molecule has 9 heteroatoms. The van der Waals surface area contributed by atoms with Gasteiger partial charge in [0.15, 0.2) is 5.76 Å². The summed E-state index contributed by atoms with van der Waals surface area (Å²) in [5.41, 5.74) is 0. The summed E-state index contributed by atoms with van der Waals surface area (Å²) in [4.78, 5) is 35.6. The summed E-state index contributed by atoms with van der Waals surface area (Å²) in [7, 11) is 0. The van der Waals surface area contributed by atoms with E-state index < -0.39 is 22.7 Å². The van der Waals surface area contributed by atoms with Crippen molar-refractivity contribution in [1.82, 2.24) is 9.80 Å². The van der Waals surface area contributed by atoms with Crippen LogP contribution in [-0.2, 0) is 4.79 Å². The highest BCUT2D eigenvalue weighted by Crippen LogP contribution is 2.17. The monoisotopic (exact) mass is 283 g/mol. The molecular weight excluding hydrogens is 270 g/mol. The molecule has 1 N–H and O–H groups in total. The molecule has 1 aromatic rings. The molecule has 0 unspecified atom stereocenters. The van der Waals surface area contributed by atoms with E-state index in [2.05, 4.69) is 0 Å². The van der Waals surface area contributed by atoms with E-state index in [1.54, 1.807) is 4.90 Å². The zero-order chi connectivity index (χ0) is 14.7. The number of furan rings is 1. The molecule has 0 saturated carbocycles. The Labute approximate surface area is 113 Å². The predicted molar refractivity (Wildman–Crippen MR) is 65.3 cm³/mol. The number of carbonyl (C=O) groups excluding carboxylic acids is 1. The molecule has 0 radical (unpaired) electrons. The molecule has 1 saturated heterocycles. The fourth-order valence-electron chi connectivity index (χ4n) is 2.00. The second-order valence-corrected chi connectivity index (χ2v) is 4.36. The van der Waals surface area contributed by atoms with Gasteiger partial charge in [-0.2, -0.15) is 0 Å². The maximum absolute atomic E-state index is 12.0. The first-order chi connectivity index (χ1) is 9.47. The fraction of sp³-hybridized carbons (Fsp3) is 0.455. The summed E-state index contributed by atoms with van der Waals surface area (Å²) in [5.74, 6) is -1.89. The Morgan fingerprint density at radius 3 is 2.45 bits per heavy atom. The number of hydrogen-bond donors (Lipinski definition) is 1. The van der Waals surface area contributed by atoms with Gasteiger partial charge in [-0.05, 0) is 6.07 Å². The average Bonchev–Trinajstić information content (AvgIpc) is 2.88. The molecule has 1 aliphatic heterocycles. The molecule has 108 valence electrons. The average molecular weight is 283 g/mol. The highest BCUT2D eigenvalue weighted by molar-refractivity contribution is 5.91. The third-order valence-electron chi connectivity index (χ3n) is 3.00. The lowest BCUT2D eigenvalue weighted by Gasteiger charge is -2.33. The van der Waals surface area contributed by atoms with Crippen LogP contribution in [0.15, 0.2) is 16.5 Å². The predicted octanol–water partition coefficient (Wildman–Crippen LogP) is 0.0302. The van der Waals surface area contributed by atoms with Gasteiger partial charge >= 0.3 is 11.9 Å². The maximum Gasteiger partial charge on any atom is 0.433 e. The highest BCUT2D eigenvalue weighted by atomic mass is 16.6. The lowest BCUT2D eigenvalue weighted by atomic mass is 10.3. The molecule has 1 fully saturated rings. The molecule has 1 aliphatic rings. The van der Waals surface area contributed by atoms with Gasteiger partial charge < -0.3 is 14.4 Å². The smallest absolute Gasteiger partial charge is 0.433 e. The van der Waals surface area contributed by atoms with Crippen molar-refractivity contribution < 1.29 is 24.0 Å². The number of carboxylic acids is 1. The first-order valence-electron chi connectivity index (χ1n) is 5.95. The normalized spacial score (nSPS) is 16.1. The van der Waals surface area contributed by atoms with Crippen molar-refractivity contribution in [2.45, 2.75) is 0 Å². The Balaban J connectivity index is 1.94. The molecule has 0 spiro atoms. The van der Waals surface area contributed by atoms with E-state index in [-0.39, 0.29) is 12.3 Å². The van der Waals surface area contributed by atoms with Crippen LogP contribution in [0, 0.1) is 10.1 Å². The van der Waals surface area contributed by atoms with Crippen LogP contribution in [0.2, 0.25) is 0 Å². The second-order valence-electron chi connectivity index (χ2n) is 4.36. The highest BCUT2D eigenvalue weighted by Gasteiger charge is 2.26. The van der Waals surface area contributed by atoms with E-state index in [0.717, 1.165) is 6.07 Å². The van der Waals surface area contributed by atoms with Gasteiger partial charge in [0.25, 0.3) is 5.91 Å². The van der Waals surface area contributed by atoms with Crippen molar-refractivity contribution in [3.05, 3.63) is 28.0 Å². The Kier molecular flexibility index (Phi) is 3.99. The summed E-state index contributed by atoms with van der Waals surface area (Å²) < 4.78 is 4.85. The number of carboxylic acid groups (broad SMARTS) is 1. The first kappa shape index (κ1) is 14.0. The van der Waals surface area contributed by atoms with Crippen LogP contribution in [-0.4, -0.2) is 64.4 Å². The topological polar surface area (TPSA) is 117 Å². The molecule has 0 aliphatic carbocycles. The number of carbonyl (C=O) groups is 2. The SMILES string of the molecule is O=C(O)CN1CCN(C(=O)c2ccc([N+](=O)[O-])o2)CC1. The number of nitro groups is 1. The summed E-state index contributed by atoms with van der Waals surface area (Å²) in [5, 5.41) is 19.2. The maximum atomic E-state index is 12.0. The number of aliphatic carboxylic acids is 1. The van der Waals surface area contributed by atoms with Gasteiger partial charge in [0.05, 0.1) is 12.6 Å². The lowest BCUT2D eigenvalue weighted by Crippen LogP contribution is -2.49. The lowest BCUT2D eigenvalue weighted by molar-refractivity contribution is -0.402. The van der Waals surface area contributed by atoms with E-state index in [1.165, 1.54) is 11.0 Å². The minimum atomic E-state index is -0.911. The van der Waals surface area contributed by atoms with Gasteiger partial charge in [0.1, 0.15) is 4.92 Å². The van der Waals surface area contributed by atoms with Gasteiger partial charge in [-0.15, -0.1) is 0 Å². The molecule has 2 rings (SSSR count). The van der Waals surface area contributed by atoms with Gasteiger partial charge in [0.2, 0.25) is 0 Å². The third-order valence-corrected chi connectivity index (χ3v) is 3.00. The van der Waals surface area contributed by atoms with E-state index in [4.69, 9.17) is 9.52 Å². The molecule has 9 nitrogen and oxygen atoms in total. The van der Waals surface area contributed by atoms with Crippen molar-refractivity contribution in [3.8, 4) is 0 Å². The van der Waals surface area contributed by atoms with Crippen molar-refractivity contribution in [1.29, 1.82) is 0 Å². The number of hydrogen-bond acceptors (Lipinski definition) is 6. The zero-order valence-corrected chi connectivity index (χ0v) is 10.5. The Bertz CT molecular complexity index is 532. The molecule has 1 amide bonds. The van der Waals surface area contributed by atoms with Crippen molar-refractivity contribution in [3.63, 3.8) is 0 Å². The quantitative estimate of drug-likeness (QED) is 0.611. The van der Waals surface area contributed by atoms with Crippen LogP contribution >= 0.6 is 0 Å². The molecule has 0 atom stereocenters. The van der Waals surface area contributed by atoms with Crippen molar-refractivity contribution in [2.75, 3.05) is 32.7 Å². The van der Waals surface area contributed by atoms with Crippen molar-refractivity contribution in [2.24, 2.45) is 0 Å². The minimum absolute atomic E-state index is 0.0613. The molecule has 20 heavy (non-hydrogen) atoms. The number of nitrogens with zero attached hydrogens (tertiary/aromatic N) is 3. The van der Waals surface area contributed by atoms with Crippen LogP contribution < -0.4 is 0 Å². The summed E-state index contributed by atoms with van der Waals surface area (Å²) in [6, 6.07) is 2.40. The van der Waals surface area contributed by atoms with Crippen molar-refractivity contribution >= 4 is 17.8 Å². The van der Waals surface area contributed by atoms with E-state index in [9.17, 15) is 19.7 Å². The third kappa shape index (κ3) is 3.12. The van der Waals surface area contributed by atoms with Crippen LogP contribution in [0.5, 0.6) is 0 Å². The van der Waals surface area contributed by atoms with Gasteiger partial charge in [-0.25, -0.2) is 0 Å². The fourth-order valence-corrected chi connectivity index (χ4v) is 2.00. The minimum Gasteiger partial charge on any atom is -0.480 e. The second kappa shape index (κ2) is 5.70. The largest absolute Gasteiger partial charge is 0.480 e. The summed E-state index contributed by atoms with van der Waals surface area (Å²) >= 11 is 0. The molecule has 0 bridgehead atoms. The Hall–Kier alpha value is -2.42. The van der Waals surface area contributed by atoms with Crippen LogP contribution in [0.25, 0.3) is 0 Å². The standard InChI is InChI=1S/C11H13N3O6/c15-10(16)7-12-3-5-13(6-4-12)11(17)8-1-2-9(20-8)14(18)19/h1-2H,3-7H2,(H,15,16).